The number of rotatable bonds is 9. The molecule has 0 radical (unpaired) electrons. The van der Waals surface area contributed by atoms with Crippen LogP contribution in [0.3, 0.4) is 0 Å². The average molecular weight is 505 g/mol. The average Bonchev–Trinajstić information content (AvgIpc) is 3.28. The van der Waals surface area contributed by atoms with Gasteiger partial charge < -0.3 is 0 Å². The highest BCUT2D eigenvalue weighted by atomic mass is 32.2. The lowest BCUT2D eigenvalue weighted by Gasteiger charge is -2.20. The highest BCUT2D eigenvalue weighted by Gasteiger charge is 2.26. The highest BCUT2D eigenvalue weighted by Crippen LogP contribution is 2.25. The third-order valence-electron chi connectivity index (χ3n) is 5.44. The van der Waals surface area contributed by atoms with Gasteiger partial charge in [0.25, 0.3) is 0 Å². The van der Waals surface area contributed by atoms with Crippen LogP contribution in [-0.2, 0) is 14.8 Å². The van der Waals surface area contributed by atoms with E-state index in [1.807, 2.05) is 37.3 Å². The minimum Gasteiger partial charge on any atom is -0.294 e. The van der Waals surface area contributed by atoms with Gasteiger partial charge in [0, 0.05) is 24.0 Å². The molecule has 0 saturated carbocycles. The van der Waals surface area contributed by atoms with Gasteiger partial charge in [-0.1, -0.05) is 54.1 Å². The topological polar surface area (TPSA) is 84.3 Å². The first-order chi connectivity index (χ1) is 17.3. The molecule has 1 amide bonds. The number of halogens is 1. The summed E-state index contributed by atoms with van der Waals surface area (Å²) in [5.41, 5.74) is 2.91. The molecule has 0 saturated heterocycles. The van der Waals surface area contributed by atoms with Crippen molar-refractivity contribution in [3.63, 3.8) is 0 Å². The monoisotopic (exact) mass is 504 g/mol. The lowest BCUT2D eigenvalue weighted by atomic mass is 10.2. The smallest absolute Gasteiger partial charge is 0.243 e. The summed E-state index contributed by atoms with van der Waals surface area (Å²) in [7, 11) is -3.94. The minimum atomic E-state index is -3.94. The van der Waals surface area contributed by atoms with E-state index in [4.69, 9.17) is 0 Å². The third kappa shape index (κ3) is 5.59. The van der Waals surface area contributed by atoms with Crippen LogP contribution >= 0.6 is 0 Å². The molecule has 0 aliphatic carbocycles. The molecule has 184 valence electrons. The maximum Gasteiger partial charge on any atom is 0.243 e. The number of anilines is 1. The Morgan fingerprint density at radius 3 is 2.36 bits per heavy atom. The van der Waals surface area contributed by atoms with E-state index in [0.29, 0.717) is 11.4 Å². The quantitative estimate of drug-likeness (QED) is 0.332. The molecule has 4 rings (SSSR count). The fourth-order valence-electron chi connectivity index (χ4n) is 3.59. The van der Waals surface area contributed by atoms with Crippen LogP contribution in [0.1, 0.15) is 5.56 Å². The van der Waals surface area contributed by atoms with Crippen LogP contribution in [0, 0.1) is 12.7 Å². The van der Waals surface area contributed by atoms with E-state index in [1.165, 1.54) is 30.3 Å². The van der Waals surface area contributed by atoms with Crippen molar-refractivity contribution in [2.75, 3.05) is 18.4 Å². The normalized spacial score (nSPS) is 11.4. The number of imidazole rings is 1. The van der Waals surface area contributed by atoms with Crippen LogP contribution in [-0.4, -0.2) is 41.3 Å². The number of aromatic nitrogens is 2. The highest BCUT2D eigenvalue weighted by molar-refractivity contribution is 7.89. The van der Waals surface area contributed by atoms with Crippen LogP contribution in [0.2, 0.25) is 0 Å². The first-order valence-corrected chi connectivity index (χ1v) is 12.6. The Morgan fingerprint density at radius 2 is 1.72 bits per heavy atom. The number of carbonyl (C=O) groups is 1. The Hall–Kier alpha value is -4.08. The summed E-state index contributed by atoms with van der Waals surface area (Å²) in [6.07, 6.45) is 3.15. The molecule has 1 aromatic heterocycles. The number of sulfonamides is 1. The Labute approximate surface area is 209 Å². The summed E-state index contributed by atoms with van der Waals surface area (Å²) in [5, 5.41) is 2.71. The van der Waals surface area contributed by atoms with Gasteiger partial charge in [0.05, 0.1) is 17.1 Å². The molecular weight excluding hydrogens is 479 g/mol. The van der Waals surface area contributed by atoms with E-state index < -0.39 is 28.3 Å². The predicted octanol–water partition coefficient (Wildman–Crippen LogP) is 4.80. The van der Waals surface area contributed by atoms with Gasteiger partial charge in [0.15, 0.2) is 0 Å². The summed E-state index contributed by atoms with van der Waals surface area (Å²) in [4.78, 5) is 17.7. The van der Waals surface area contributed by atoms with Crippen LogP contribution in [0.4, 0.5) is 10.3 Å². The number of hydrogen-bond acceptors (Lipinski definition) is 4. The number of amides is 1. The standard InChI is InChI=1S/C27H25FN4O3S/c1-3-17-31(36(34,35)24-15-9-20(2)10-16-24)19-26(33)30-27-29-25(21-7-5-4-6-8-21)18-32(27)23-13-11-22(28)12-14-23/h3-16,18H,1,17,19H2,2H3,(H,29,30,33). The second kappa shape index (κ2) is 10.7. The van der Waals surface area contributed by atoms with Gasteiger partial charge in [-0.05, 0) is 43.3 Å². The fraction of sp³-hybridized carbons (Fsp3) is 0.111. The molecular formula is C27H25FN4O3S. The van der Waals surface area contributed by atoms with Gasteiger partial charge in [0.2, 0.25) is 21.9 Å². The molecule has 0 fully saturated rings. The lowest BCUT2D eigenvalue weighted by molar-refractivity contribution is -0.116. The summed E-state index contributed by atoms with van der Waals surface area (Å²) in [6, 6.07) is 21.5. The first-order valence-electron chi connectivity index (χ1n) is 11.2. The zero-order valence-corrected chi connectivity index (χ0v) is 20.5. The molecule has 4 aromatic rings. The van der Waals surface area contributed by atoms with E-state index >= 15 is 0 Å². The second-order valence-corrected chi connectivity index (χ2v) is 10.0. The van der Waals surface area contributed by atoms with Crippen LogP contribution in [0.5, 0.6) is 0 Å². The Morgan fingerprint density at radius 1 is 1.06 bits per heavy atom. The molecule has 0 unspecified atom stereocenters. The number of nitrogens with one attached hydrogen (secondary N) is 1. The van der Waals surface area contributed by atoms with E-state index in [1.54, 1.807) is 35.0 Å². The van der Waals surface area contributed by atoms with E-state index in [2.05, 4.69) is 16.9 Å². The molecule has 0 bridgehead atoms. The summed E-state index contributed by atoms with van der Waals surface area (Å²) in [5.74, 6) is -0.799. The number of benzene rings is 3. The third-order valence-corrected chi connectivity index (χ3v) is 7.27. The molecule has 36 heavy (non-hydrogen) atoms. The molecule has 1 N–H and O–H groups in total. The number of carbonyl (C=O) groups excluding carboxylic acids is 1. The summed E-state index contributed by atoms with van der Waals surface area (Å²) < 4.78 is 42.5. The molecule has 0 aliphatic rings. The van der Waals surface area contributed by atoms with E-state index in [0.717, 1.165) is 15.4 Å². The zero-order valence-electron chi connectivity index (χ0n) is 19.6. The lowest BCUT2D eigenvalue weighted by Crippen LogP contribution is -2.38. The van der Waals surface area contributed by atoms with Gasteiger partial charge >= 0.3 is 0 Å². The fourth-order valence-corrected chi connectivity index (χ4v) is 4.96. The molecule has 0 atom stereocenters. The van der Waals surface area contributed by atoms with Crippen LogP contribution < -0.4 is 5.32 Å². The number of nitrogens with zero attached hydrogens (tertiary/aromatic N) is 3. The maximum atomic E-state index is 13.5. The van der Waals surface area contributed by atoms with Crippen LogP contribution in [0.25, 0.3) is 16.9 Å². The van der Waals surface area contributed by atoms with Crippen molar-refractivity contribution in [1.29, 1.82) is 0 Å². The Balaban J connectivity index is 1.63. The van der Waals surface area contributed by atoms with Crippen molar-refractivity contribution < 1.29 is 17.6 Å². The molecule has 1 heterocycles. The minimum absolute atomic E-state index is 0.0503. The van der Waals surface area contributed by atoms with Gasteiger partial charge in [-0.15, -0.1) is 6.58 Å². The first kappa shape index (κ1) is 25.0. The van der Waals surface area contributed by atoms with Crippen molar-refractivity contribution in [2.24, 2.45) is 0 Å². The summed E-state index contributed by atoms with van der Waals surface area (Å²) >= 11 is 0. The second-order valence-electron chi connectivity index (χ2n) is 8.11. The SMILES string of the molecule is C=CCN(CC(=O)Nc1nc(-c2ccccc2)cn1-c1ccc(F)cc1)S(=O)(=O)c1ccc(C)cc1. The molecule has 0 spiro atoms. The Kier molecular flexibility index (Phi) is 7.42. The molecule has 0 aliphatic heterocycles. The zero-order chi connectivity index (χ0) is 25.7. The molecule has 9 heteroatoms. The number of hydrogen-bond donors (Lipinski definition) is 1. The largest absolute Gasteiger partial charge is 0.294 e. The van der Waals surface area contributed by atoms with Crippen molar-refractivity contribution >= 4 is 21.9 Å². The van der Waals surface area contributed by atoms with Crippen LogP contribution in [0.15, 0.2) is 103 Å². The van der Waals surface area contributed by atoms with Crippen molar-refractivity contribution in [3.8, 4) is 16.9 Å². The predicted molar refractivity (Wildman–Crippen MR) is 138 cm³/mol. The van der Waals surface area contributed by atoms with E-state index in [9.17, 15) is 17.6 Å². The van der Waals surface area contributed by atoms with Gasteiger partial charge in [-0.3, -0.25) is 14.7 Å². The van der Waals surface area contributed by atoms with Crippen molar-refractivity contribution in [2.45, 2.75) is 11.8 Å². The van der Waals surface area contributed by atoms with Gasteiger partial charge in [-0.25, -0.2) is 17.8 Å². The Bertz CT molecular complexity index is 1470. The number of aryl methyl sites for hydroxylation is 1. The molecule has 3 aromatic carbocycles. The van der Waals surface area contributed by atoms with Gasteiger partial charge in [0.1, 0.15) is 5.82 Å². The molecule has 7 nitrogen and oxygen atoms in total. The van der Waals surface area contributed by atoms with Crippen molar-refractivity contribution in [1.82, 2.24) is 13.9 Å². The van der Waals surface area contributed by atoms with Gasteiger partial charge in [-0.2, -0.15) is 4.31 Å². The summed E-state index contributed by atoms with van der Waals surface area (Å²) in [6.45, 7) is 4.99. The maximum absolute atomic E-state index is 13.5. The van der Waals surface area contributed by atoms with E-state index in [-0.39, 0.29) is 17.4 Å². The van der Waals surface area contributed by atoms with Crippen molar-refractivity contribution in [3.05, 3.63) is 109 Å².